The highest BCUT2D eigenvalue weighted by Gasteiger charge is 2.12. The summed E-state index contributed by atoms with van der Waals surface area (Å²) in [5.41, 5.74) is 1.37. The molecule has 0 bridgehead atoms. The second-order valence-electron chi connectivity index (χ2n) is 6.36. The van der Waals surface area contributed by atoms with Gasteiger partial charge in [-0.05, 0) is 42.4 Å². The van der Waals surface area contributed by atoms with E-state index in [9.17, 15) is 0 Å². The van der Waals surface area contributed by atoms with Crippen molar-refractivity contribution < 1.29 is 9.47 Å². The van der Waals surface area contributed by atoms with Crippen molar-refractivity contribution in [3.8, 4) is 11.5 Å². The first-order valence-electron chi connectivity index (χ1n) is 8.05. The summed E-state index contributed by atoms with van der Waals surface area (Å²) in [5.74, 6) is 3.48. The molecule has 1 aromatic carbocycles. The molecule has 1 aliphatic rings. The molecule has 1 aliphatic heterocycles. The molecule has 2 rings (SSSR count). The summed E-state index contributed by atoms with van der Waals surface area (Å²) in [6.07, 6.45) is 7.87. The molecule has 0 fully saturated rings. The molecular formula is C18H28O2. The summed E-state index contributed by atoms with van der Waals surface area (Å²) in [5, 5.41) is 0. The van der Waals surface area contributed by atoms with Crippen molar-refractivity contribution in [2.45, 2.75) is 59.3 Å². The fourth-order valence-electron chi connectivity index (χ4n) is 2.58. The van der Waals surface area contributed by atoms with Crippen molar-refractivity contribution in [2.75, 3.05) is 6.79 Å². The Balaban J connectivity index is 1.59. The molecule has 1 aromatic rings. The van der Waals surface area contributed by atoms with Crippen LogP contribution in [0, 0.1) is 11.8 Å². The van der Waals surface area contributed by atoms with Gasteiger partial charge >= 0.3 is 0 Å². The van der Waals surface area contributed by atoms with Crippen molar-refractivity contribution in [3.05, 3.63) is 23.8 Å². The van der Waals surface area contributed by atoms with Crippen molar-refractivity contribution in [1.82, 2.24) is 0 Å². The molecule has 20 heavy (non-hydrogen) atoms. The third-order valence-electron chi connectivity index (χ3n) is 4.45. The normalized spacial score (nSPS) is 14.8. The molecule has 0 aromatic heterocycles. The van der Waals surface area contributed by atoms with Gasteiger partial charge in [0.1, 0.15) is 0 Å². The Labute approximate surface area is 123 Å². The molecule has 0 saturated heterocycles. The Bertz CT molecular complexity index is 412. The Morgan fingerprint density at radius 2 is 1.70 bits per heavy atom. The maximum atomic E-state index is 5.41. The Hall–Kier alpha value is -1.18. The third-order valence-corrected chi connectivity index (χ3v) is 4.45. The van der Waals surface area contributed by atoms with Crippen LogP contribution in [0.1, 0.15) is 58.4 Å². The summed E-state index contributed by atoms with van der Waals surface area (Å²) in [6.45, 7) is 7.39. The first-order valence-corrected chi connectivity index (χ1v) is 8.05. The minimum Gasteiger partial charge on any atom is -0.454 e. The number of ether oxygens (including phenoxy) is 2. The van der Waals surface area contributed by atoms with Gasteiger partial charge in [0.25, 0.3) is 0 Å². The fourth-order valence-corrected chi connectivity index (χ4v) is 2.58. The van der Waals surface area contributed by atoms with Gasteiger partial charge in [-0.2, -0.15) is 0 Å². The van der Waals surface area contributed by atoms with Crippen LogP contribution < -0.4 is 9.47 Å². The van der Waals surface area contributed by atoms with Crippen LogP contribution in [0.3, 0.4) is 0 Å². The van der Waals surface area contributed by atoms with Gasteiger partial charge in [0.05, 0.1) is 0 Å². The van der Waals surface area contributed by atoms with E-state index < -0.39 is 0 Å². The van der Waals surface area contributed by atoms with Gasteiger partial charge in [0.15, 0.2) is 11.5 Å². The van der Waals surface area contributed by atoms with Crippen LogP contribution in [-0.4, -0.2) is 6.79 Å². The molecular weight excluding hydrogens is 248 g/mol. The molecule has 0 N–H and O–H groups in total. The molecule has 0 spiro atoms. The lowest BCUT2D eigenvalue weighted by Crippen LogP contribution is -2.03. The number of hydrogen-bond donors (Lipinski definition) is 0. The highest BCUT2D eigenvalue weighted by Crippen LogP contribution is 2.32. The van der Waals surface area contributed by atoms with Crippen molar-refractivity contribution in [3.63, 3.8) is 0 Å². The van der Waals surface area contributed by atoms with E-state index in [1.807, 2.05) is 6.07 Å². The minimum atomic E-state index is 0.368. The minimum absolute atomic E-state index is 0.368. The molecule has 0 radical (unpaired) electrons. The Kier molecular flexibility index (Phi) is 5.75. The van der Waals surface area contributed by atoms with Crippen LogP contribution >= 0.6 is 0 Å². The standard InChI is InChI=1S/C18H28O2/c1-14(2)15(3)8-6-4-5-7-9-16-10-11-17-18(12-16)20-13-19-17/h10-12,14-15H,4-9,13H2,1-3H3. The predicted molar refractivity (Wildman–Crippen MR) is 83.4 cm³/mol. The van der Waals surface area contributed by atoms with Crippen LogP contribution in [0.25, 0.3) is 0 Å². The molecule has 0 aliphatic carbocycles. The lowest BCUT2D eigenvalue weighted by atomic mass is 9.92. The lowest BCUT2D eigenvalue weighted by molar-refractivity contribution is 0.174. The van der Waals surface area contributed by atoms with E-state index in [2.05, 4.69) is 32.9 Å². The highest BCUT2D eigenvalue weighted by molar-refractivity contribution is 5.44. The van der Waals surface area contributed by atoms with Gasteiger partial charge in [-0.15, -0.1) is 0 Å². The first kappa shape index (κ1) is 15.2. The van der Waals surface area contributed by atoms with Crippen molar-refractivity contribution in [2.24, 2.45) is 11.8 Å². The number of unbranched alkanes of at least 4 members (excludes halogenated alkanes) is 3. The van der Waals surface area contributed by atoms with E-state index in [-0.39, 0.29) is 0 Å². The predicted octanol–water partition coefficient (Wildman–Crippen LogP) is 5.20. The quantitative estimate of drug-likeness (QED) is 0.607. The van der Waals surface area contributed by atoms with Gasteiger partial charge in [0.2, 0.25) is 6.79 Å². The van der Waals surface area contributed by atoms with Crippen molar-refractivity contribution in [1.29, 1.82) is 0 Å². The van der Waals surface area contributed by atoms with E-state index in [1.165, 1.54) is 37.7 Å². The zero-order valence-electron chi connectivity index (χ0n) is 13.2. The molecule has 2 heteroatoms. The zero-order valence-corrected chi connectivity index (χ0v) is 13.2. The van der Waals surface area contributed by atoms with Gasteiger partial charge in [-0.25, -0.2) is 0 Å². The average molecular weight is 276 g/mol. The third kappa shape index (κ3) is 4.43. The molecule has 2 nitrogen and oxygen atoms in total. The zero-order chi connectivity index (χ0) is 14.4. The van der Waals surface area contributed by atoms with Crippen LogP contribution in [0.5, 0.6) is 11.5 Å². The van der Waals surface area contributed by atoms with Gasteiger partial charge < -0.3 is 9.47 Å². The molecule has 0 saturated carbocycles. The van der Waals surface area contributed by atoms with Gasteiger partial charge in [-0.3, -0.25) is 0 Å². The van der Waals surface area contributed by atoms with Crippen LogP contribution in [0.4, 0.5) is 0 Å². The number of fused-ring (bicyclic) bond motifs is 1. The molecule has 0 amide bonds. The smallest absolute Gasteiger partial charge is 0.231 e. The second kappa shape index (κ2) is 7.56. The van der Waals surface area contributed by atoms with E-state index in [4.69, 9.17) is 9.47 Å². The van der Waals surface area contributed by atoms with Crippen LogP contribution in [0.2, 0.25) is 0 Å². The topological polar surface area (TPSA) is 18.5 Å². The SMILES string of the molecule is CC(C)C(C)CCCCCCc1ccc2c(c1)OCO2. The van der Waals surface area contributed by atoms with Crippen LogP contribution in [-0.2, 0) is 6.42 Å². The first-order chi connectivity index (χ1) is 9.66. The van der Waals surface area contributed by atoms with Gasteiger partial charge in [0, 0.05) is 0 Å². The van der Waals surface area contributed by atoms with Crippen LogP contribution in [0.15, 0.2) is 18.2 Å². The number of benzene rings is 1. The monoisotopic (exact) mass is 276 g/mol. The maximum absolute atomic E-state index is 5.41. The molecule has 1 heterocycles. The maximum Gasteiger partial charge on any atom is 0.231 e. The Morgan fingerprint density at radius 3 is 2.50 bits per heavy atom. The Morgan fingerprint density at radius 1 is 0.950 bits per heavy atom. The van der Waals surface area contributed by atoms with E-state index >= 15 is 0 Å². The molecule has 1 atom stereocenters. The lowest BCUT2D eigenvalue weighted by Gasteiger charge is -2.14. The largest absolute Gasteiger partial charge is 0.454 e. The summed E-state index contributed by atoms with van der Waals surface area (Å²) >= 11 is 0. The van der Waals surface area contributed by atoms with Gasteiger partial charge in [-0.1, -0.05) is 52.5 Å². The van der Waals surface area contributed by atoms with Crippen molar-refractivity contribution >= 4 is 0 Å². The van der Waals surface area contributed by atoms with E-state index in [1.54, 1.807) is 0 Å². The number of aryl methyl sites for hydroxylation is 1. The fraction of sp³-hybridized carbons (Fsp3) is 0.667. The number of rotatable bonds is 8. The molecule has 112 valence electrons. The van der Waals surface area contributed by atoms with E-state index in [0.717, 1.165) is 29.8 Å². The summed E-state index contributed by atoms with van der Waals surface area (Å²) in [6, 6.07) is 6.32. The van der Waals surface area contributed by atoms with E-state index in [0.29, 0.717) is 6.79 Å². The average Bonchev–Trinajstić information content (AvgIpc) is 2.89. The molecule has 1 unspecified atom stereocenters. The summed E-state index contributed by atoms with van der Waals surface area (Å²) < 4.78 is 10.7. The summed E-state index contributed by atoms with van der Waals surface area (Å²) in [7, 11) is 0. The summed E-state index contributed by atoms with van der Waals surface area (Å²) in [4.78, 5) is 0. The number of hydrogen-bond acceptors (Lipinski definition) is 2. The highest BCUT2D eigenvalue weighted by atomic mass is 16.7. The second-order valence-corrected chi connectivity index (χ2v) is 6.36.